The van der Waals surface area contributed by atoms with Gasteiger partial charge in [-0.15, -0.1) is 0 Å². The van der Waals surface area contributed by atoms with Crippen molar-refractivity contribution in [1.29, 1.82) is 0 Å². The first kappa shape index (κ1) is 16.1. The molecule has 1 aromatic carbocycles. The highest BCUT2D eigenvalue weighted by Crippen LogP contribution is 2.29. The topological polar surface area (TPSA) is 68.9 Å². The summed E-state index contributed by atoms with van der Waals surface area (Å²) in [6, 6.07) is 3.40. The smallest absolute Gasteiger partial charge is 0.189 e. The first-order valence-corrected chi connectivity index (χ1v) is 8.30. The summed E-state index contributed by atoms with van der Waals surface area (Å²) >= 11 is 0. The van der Waals surface area contributed by atoms with Crippen molar-refractivity contribution in [2.75, 3.05) is 13.3 Å². The van der Waals surface area contributed by atoms with E-state index in [0.717, 1.165) is 29.7 Å². The third kappa shape index (κ3) is 4.34. The normalized spacial score (nSPS) is 19.1. The van der Waals surface area contributed by atoms with E-state index in [9.17, 15) is 4.39 Å². The summed E-state index contributed by atoms with van der Waals surface area (Å²) in [5.74, 6) is 0.934. The lowest BCUT2D eigenvalue weighted by Crippen LogP contribution is -2.41. The van der Waals surface area contributed by atoms with Crippen molar-refractivity contribution in [2.24, 2.45) is 10.7 Å². The maximum absolute atomic E-state index is 13.7. The number of halogens is 1. The number of rotatable bonds is 4. The maximum Gasteiger partial charge on any atom is 0.189 e. The minimum absolute atomic E-state index is 0.209. The Morgan fingerprint density at radius 1 is 1.30 bits per heavy atom. The van der Waals surface area contributed by atoms with Crippen LogP contribution >= 0.6 is 0 Å². The van der Waals surface area contributed by atoms with Gasteiger partial charge in [-0.1, -0.05) is 19.3 Å². The number of ether oxygens (including phenoxy) is 2. The Hall–Kier alpha value is -1.82. The molecule has 0 atom stereocenters. The Labute approximate surface area is 136 Å². The number of hydrogen-bond acceptors (Lipinski definition) is 3. The molecule has 0 spiro atoms. The third-order valence-corrected chi connectivity index (χ3v) is 4.37. The monoisotopic (exact) mass is 321 g/mol. The lowest BCUT2D eigenvalue weighted by molar-refractivity contribution is -0.0172. The molecule has 0 radical (unpaired) electrons. The average molecular weight is 321 g/mol. The van der Waals surface area contributed by atoms with E-state index in [4.69, 9.17) is 15.2 Å². The van der Waals surface area contributed by atoms with Crippen LogP contribution in [0.25, 0.3) is 0 Å². The van der Waals surface area contributed by atoms with Crippen LogP contribution in [0.4, 0.5) is 4.39 Å². The molecule has 3 N–H and O–H groups in total. The van der Waals surface area contributed by atoms with Gasteiger partial charge in [0.2, 0.25) is 0 Å². The van der Waals surface area contributed by atoms with Crippen LogP contribution < -0.4 is 15.8 Å². The van der Waals surface area contributed by atoms with Gasteiger partial charge >= 0.3 is 0 Å². The molecule has 0 aromatic heterocycles. The summed E-state index contributed by atoms with van der Waals surface area (Å²) < 4.78 is 24.4. The Balaban J connectivity index is 1.57. The standard InChI is InChI=1S/C17H24FN3O2/c18-14-8-12(16-13(9-14)10-22-11-23-16)6-7-20-17(19)21-15-4-2-1-3-5-15/h8-9,15H,1-7,10-11H2,(H3,19,20,21). The van der Waals surface area contributed by atoms with Gasteiger partial charge in [0.25, 0.3) is 0 Å². The van der Waals surface area contributed by atoms with Gasteiger partial charge < -0.3 is 20.5 Å². The van der Waals surface area contributed by atoms with Gasteiger partial charge in [0.15, 0.2) is 12.8 Å². The molecular formula is C17H24FN3O2. The maximum atomic E-state index is 13.7. The van der Waals surface area contributed by atoms with Crippen molar-refractivity contribution in [2.45, 2.75) is 51.2 Å². The molecule has 1 fully saturated rings. The summed E-state index contributed by atoms with van der Waals surface area (Å²) in [4.78, 5) is 4.37. The third-order valence-electron chi connectivity index (χ3n) is 4.37. The number of fused-ring (bicyclic) bond motifs is 1. The highest BCUT2D eigenvalue weighted by atomic mass is 19.1. The summed E-state index contributed by atoms with van der Waals surface area (Å²) in [7, 11) is 0. The SMILES string of the molecule is NC(=NCCc1cc(F)cc2c1OCOC2)NC1CCCCC1. The fourth-order valence-electron chi connectivity index (χ4n) is 3.24. The minimum atomic E-state index is -0.273. The van der Waals surface area contributed by atoms with E-state index < -0.39 is 0 Å². The van der Waals surface area contributed by atoms with Crippen molar-refractivity contribution >= 4 is 5.96 Å². The van der Waals surface area contributed by atoms with Gasteiger partial charge in [-0.3, -0.25) is 4.99 Å². The Morgan fingerprint density at radius 2 is 2.13 bits per heavy atom. The Kier molecular flexibility index (Phi) is 5.33. The summed E-state index contributed by atoms with van der Waals surface area (Å²) in [6.45, 7) is 1.10. The number of benzene rings is 1. The molecule has 23 heavy (non-hydrogen) atoms. The predicted octanol–water partition coefficient (Wildman–Crippen LogP) is 2.47. The number of aliphatic imine (C=N–C) groups is 1. The molecule has 1 aliphatic carbocycles. The van der Waals surface area contributed by atoms with E-state index >= 15 is 0 Å². The number of nitrogens with two attached hydrogens (primary N) is 1. The fourth-order valence-corrected chi connectivity index (χ4v) is 3.24. The molecule has 1 heterocycles. The number of nitrogens with one attached hydrogen (secondary N) is 1. The van der Waals surface area contributed by atoms with Crippen LogP contribution in [0.2, 0.25) is 0 Å². The van der Waals surface area contributed by atoms with Crippen LogP contribution in [0.1, 0.15) is 43.2 Å². The van der Waals surface area contributed by atoms with Crippen LogP contribution in [0.15, 0.2) is 17.1 Å². The second-order valence-electron chi connectivity index (χ2n) is 6.16. The molecule has 2 aliphatic rings. The predicted molar refractivity (Wildman–Crippen MR) is 86.9 cm³/mol. The summed E-state index contributed by atoms with van der Waals surface area (Å²) in [6.07, 6.45) is 6.71. The largest absolute Gasteiger partial charge is 0.467 e. The molecule has 6 heteroatoms. The van der Waals surface area contributed by atoms with Gasteiger partial charge in [0.1, 0.15) is 11.6 Å². The number of nitrogens with zero attached hydrogens (tertiary/aromatic N) is 1. The molecule has 0 saturated heterocycles. The van der Waals surface area contributed by atoms with Crippen LogP contribution in [-0.2, 0) is 17.8 Å². The first-order valence-electron chi connectivity index (χ1n) is 8.30. The van der Waals surface area contributed by atoms with Gasteiger partial charge in [-0.25, -0.2) is 4.39 Å². The van der Waals surface area contributed by atoms with Gasteiger partial charge in [-0.05, 0) is 37.0 Å². The molecule has 126 valence electrons. The van der Waals surface area contributed by atoms with Crippen LogP contribution in [-0.4, -0.2) is 25.3 Å². The molecule has 1 saturated carbocycles. The molecule has 1 aromatic rings. The highest BCUT2D eigenvalue weighted by Gasteiger charge is 2.17. The van der Waals surface area contributed by atoms with E-state index in [1.54, 1.807) is 0 Å². The lowest BCUT2D eigenvalue weighted by atomic mass is 9.96. The zero-order chi connectivity index (χ0) is 16.1. The van der Waals surface area contributed by atoms with Crippen molar-refractivity contribution in [1.82, 2.24) is 5.32 Å². The summed E-state index contributed by atoms with van der Waals surface area (Å²) in [5, 5.41) is 3.28. The number of hydrogen-bond donors (Lipinski definition) is 2. The van der Waals surface area contributed by atoms with Crippen molar-refractivity contribution < 1.29 is 13.9 Å². The van der Waals surface area contributed by atoms with Crippen LogP contribution in [0, 0.1) is 5.82 Å². The van der Waals surface area contributed by atoms with Crippen molar-refractivity contribution in [3.63, 3.8) is 0 Å². The Morgan fingerprint density at radius 3 is 2.96 bits per heavy atom. The molecular weight excluding hydrogens is 297 g/mol. The van der Waals surface area contributed by atoms with Gasteiger partial charge in [0.05, 0.1) is 6.61 Å². The number of guanidine groups is 1. The average Bonchev–Trinajstić information content (AvgIpc) is 2.55. The van der Waals surface area contributed by atoms with Gasteiger partial charge in [-0.2, -0.15) is 0 Å². The van der Waals surface area contributed by atoms with E-state index in [1.807, 2.05) is 0 Å². The highest BCUT2D eigenvalue weighted by molar-refractivity contribution is 5.78. The zero-order valence-corrected chi connectivity index (χ0v) is 13.3. The molecule has 0 unspecified atom stereocenters. The van der Waals surface area contributed by atoms with Crippen molar-refractivity contribution in [3.8, 4) is 5.75 Å². The van der Waals surface area contributed by atoms with Crippen molar-refractivity contribution in [3.05, 3.63) is 29.1 Å². The van der Waals surface area contributed by atoms with E-state index in [0.29, 0.717) is 31.6 Å². The molecule has 1 aliphatic heterocycles. The molecule has 0 amide bonds. The van der Waals surface area contributed by atoms with Gasteiger partial charge in [0, 0.05) is 18.2 Å². The molecule has 0 bridgehead atoms. The van der Waals surface area contributed by atoms with E-state index in [1.165, 1.54) is 31.4 Å². The summed E-state index contributed by atoms with van der Waals surface area (Å²) in [5.41, 5.74) is 7.52. The minimum Gasteiger partial charge on any atom is -0.467 e. The van der Waals surface area contributed by atoms with E-state index in [2.05, 4.69) is 10.3 Å². The second kappa shape index (κ2) is 7.64. The fraction of sp³-hybridized carbons (Fsp3) is 0.588. The Bertz CT molecular complexity index is 571. The lowest BCUT2D eigenvalue weighted by Gasteiger charge is -2.23. The van der Waals surface area contributed by atoms with Crippen LogP contribution in [0.3, 0.4) is 0 Å². The van der Waals surface area contributed by atoms with E-state index in [-0.39, 0.29) is 12.6 Å². The quantitative estimate of drug-likeness (QED) is 0.660. The molecule has 3 rings (SSSR count). The zero-order valence-electron chi connectivity index (χ0n) is 13.3. The second-order valence-corrected chi connectivity index (χ2v) is 6.16. The first-order chi connectivity index (χ1) is 11.2. The van der Waals surface area contributed by atoms with Crippen LogP contribution in [0.5, 0.6) is 5.75 Å². The molecule has 5 nitrogen and oxygen atoms in total.